The summed E-state index contributed by atoms with van der Waals surface area (Å²) in [6.07, 6.45) is -0.365. The average molecular weight is 480 g/mol. The Labute approximate surface area is 184 Å². The van der Waals surface area contributed by atoms with Gasteiger partial charge in [-0.1, -0.05) is 54.1 Å². The number of aliphatic carboxylic acids is 1. The lowest BCUT2D eigenvalue weighted by Crippen LogP contribution is -2.40. The molecule has 1 fully saturated rings. The van der Waals surface area contributed by atoms with Gasteiger partial charge in [-0.25, -0.2) is 16.8 Å². The predicted molar refractivity (Wildman–Crippen MR) is 116 cm³/mol. The van der Waals surface area contributed by atoms with Crippen molar-refractivity contribution < 1.29 is 26.7 Å². The molecular formula is C21H18ClNO6S2. The van der Waals surface area contributed by atoms with Crippen LogP contribution in [0.15, 0.2) is 76.5 Å². The van der Waals surface area contributed by atoms with Crippen LogP contribution in [-0.2, 0) is 24.7 Å². The topological polar surface area (TPSA) is 109 Å². The van der Waals surface area contributed by atoms with Crippen molar-refractivity contribution in [3.8, 4) is 0 Å². The van der Waals surface area contributed by atoms with Gasteiger partial charge in [0.1, 0.15) is 6.04 Å². The molecule has 2 atom stereocenters. The monoisotopic (exact) mass is 479 g/mol. The first-order chi connectivity index (χ1) is 14.6. The molecule has 3 aromatic carbocycles. The van der Waals surface area contributed by atoms with Gasteiger partial charge in [-0.15, -0.1) is 0 Å². The van der Waals surface area contributed by atoms with E-state index in [0.29, 0.717) is 5.39 Å². The predicted octanol–water partition coefficient (Wildman–Crippen LogP) is 3.18. The third-order valence-electron chi connectivity index (χ3n) is 5.41. The van der Waals surface area contributed by atoms with Gasteiger partial charge in [0.15, 0.2) is 9.84 Å². The highest BCUT2D eigenvalue weighted by atomic mass is 35.5. The third-order valence-corrected chi connectivity index (χ3v) is 9.91. The van der Waals surface area contributed by atoms with Gasteiger partial charge in [-0.05, 0) is 41.5 Å². The van der Waals surface area contributed by atoms with Gasteiger partial charge in [0.2, 0.25) is 10.0 Å². The van der Waals surface area contributed by atoms with Crippen LogP contribution in [0.5, 0.6) is 0 Å². The summed E-state index contributed by atoms with van der Waals surface area (Å²) < 4.78 is 53.6. The van der Waals surface area contributed by atoms with Gasteiger partial charge >= 0.3 is 5.97 Å². The lowest BCUT2D eigenvalue weighted by atomic mass is 10.1. The first-order valence-corrected chi connectivity index (χ1v) is 12.7. The number of hydrogen-bond acceptors (Lipinski definition) is 5. The van der Waals surface area contributed by atoms with Crippen LogP contribution in [0.3, 0.4) is 0 Å². The second-order valence-electron chi connectivity index (χ2n) is 7.27. The molecule has 1 aliphatic heterocycles. The van der Waals surface area contributed by atoms with Crippen molar-refractivity contribution in [1.29, 1.82) is 0 Å². The molecule has 0 radical (unpaired) electrons. The van der Waals surface area contributed by atoms with Crippen LogP contribution in [0.1, 0.15) is 6.42 Å². The molecule has 0 unspecified atom stereocenters. The summed E-state index contributed by atoms with van der Waals surface area (Å²) in [6.45, 7) is -0.473. The number of carboxylic acid groups (broad SMARTS) is 1. The molecule has 3 aromatic rings. The van der Waals surface area contributed by atoms with Gasteiger partial charge in [0.05, 0.1) is 20.1 Å². The number of rotatable bonds is 5. The van der Waals surface area contributed by atoms with Crippen LogP contribution < -0.4 is 0 Å². The molecule has 0 saturated carbocycles. The van der Waals surface area contributed by atoms with E-state index in [0.717, 1.165) is 9.69 Å². The van der Waals surface area contributed by atoms with E-state index in [9.17, 15) is 26.7 Å². The number of benzene rings is 3. The van der Waals surface area contributed by atoms with Crippen molar-refractivity contribution in [2.75, 3.05) is 6.54 Å². The lowest BCUT2D eigenvalue weighted by Gasteiger charge is -2.21. The highest BCUT2D eigenvalue weighted by molar-refractivity contribution is 7.92. The third kappa shape index (κ3) is 3.82. The number of halogens is 1. The molecule has 0 spiro atoms. The fourth-order valence-electron chi connectivity index (χ4n) is 3.80. The van der Waals surface area contributed by atoms with Crippen LogP contribution in [0, 0.1) is 0 Å². The van der Waals surface area contributed by atoms with Crippen LogP contribution >= 0.6 is 11.6 Å². The van der Waals surface area contributed by atoms with E-state index in [1.165, 1.54) is 30.3 Å². The maximum Gasteiger partial charge on any atom is 0.322 e. The van der Waals surface area contributed by atoms with E-state index >= 15 is 0 Å². The summed E-state index contributed by atoms with van der Waals surface area (Å²) >= 11 is 6.04. The molecule has 31 heavy (non-hydrogen) atoms. The van der Waals surface area contributed by atoms with E-state index in [2.05, 4.69) is 0 Å². The molecule has 0 aromatic heterocycles. The molecule has 1 aliphatic rings. The molecule has 4 rings (SSSR count). The summed E-state index contributed by atoms with van der Waals surface area (Å²) in [5, 5.41) is 9.93. The smallest absolute Gasteiger partial charge is 0.322 e. The molecule has 1 heterocycles. The van der Waals surface area contributed by atoms with Crippen molar-refractivity contribution in [1.82, 2.24) is 4.31 Å². The van der Waals surface area contributed by atoms with E-state index in [1.807, 2.05) is 12.1 Å². The molecule has 1 saturated heterocycles. The van der Waals surface area contributed by atoms with E-state index in [4.69, 9.17) is 11.6 Å². The number of fused-ring (bicyclic) bond motifs is 1. The van der Waals surface area contributed by atoms with Crippen molar-refractivity contribution >= 4 is 48.2 Å². The highest BCUT2D eigenvalue weighted by Gasteiger charge is 2.49. The van der Waals surface area contributed by atoms with E-state index < -0.39 is 43.7 Å². The van der Waals surface area contributed by atoms with Crippen molar-refractivity contribution in [3.05, 3.63) is 71.8 Å². The zero-order chi connectivity index (χ0) is 22.4. The van der Waals surface area contributed by atoms with Gasteiger partial charge < -0.3 is 5.11 Å². The van der Waals surface area contributed by atoms with Crippen molar-refractivity contribution in [2.24, 2.45) is 0 Å². The summed E-state index contributed by atoms with van der Waals surface area (Å²) in [7, 11) is -8.30. The second-order valence-corrected chi connectivity index (χ2v) is 11.8. The number of hydrogen-bond donors (Lipinski definition) is 1. The Morgan fingerprint density at radius 3 is 2.26 bits per heavy atom. The average Bonchev–Trinajstić information content (AvgIpc) is 3.21. The Kier molecular flexibility index (Phi) is 5.55. The second kappa shape index (κ2) is 7.90. The van der Waals surface area contributed by atoms with Gasteiger partial charge in [-0.2, -0.15) is 4.31 Å². The van der Waals surface area contributed by atoms with Crippen molar-refractivity contribution in [3.63, 3.8) is 0 Å². The number of carbonyl (C=O) groups is 1. The standard InChI is InChI=1S/C21H18ClNO6S2/c22-18-7-3-4-8-20(18)30(26,27)17-12-19(21(24)25)23(13-17)31(28,29)16-10-9-14-5-1-2-6-15(14)11-16/h1-11,17,19H,12-13H2,(H,24,25)/t17-,19+/m1/s1. The minimum Gasteiger partial charge on any atom is -0.480 e. The minimum atomic E-state index is -4.25. The largest absolute Gasteiger partial charge is 0.480 e. The lowest BCUT2D eigenvalue weighted by molar-refractivity contribution is -0.140. The van der Waals surface area contributed by atoms with Crippen LogP contribution in [-0.4, -0.2) is 50.1 Å². The zero-order valence-electron chi connectivity index (χ0n) is 16.0. The van der Waals surface area contributed by atoms with E-state index in [1.54, 1.807) is 24.3 Å². The normalized spacial score (nSPS) is 20.2. The fourth-order valence-corrected chi connectivity index (χ4v) is 7.79. The number of nitrogens with zero attached hydrogens (tertiary/aromatic N) is 1. The minimum absolute atomic E-state index is 0.00483. The summed E-state index contributed by atoms with van der Waals surface area (Å²) in [5.74, 6) is -1.40. The molecule has 0 bridgehead atoms. The van der Waals surface area contributed by atoms with Crippen LogP contribution in [0.2, 0.25) is 5.02 Å². The maximum atomic E-state index is 13.3. The van der Waals surface area contributed by atoms with Crippen LogP contribution in [0.4, 0.5) is 0 Å². The van der Waals surface area contributed by atoms with Gasteiger partial charge in [0.25, 0.3) is 0 Å². The summed E-state index contributed by atoms with van der Waals surface area (Å²) in [4.78, 5) is 11.6. The Morgan fingerprint density at radius 1 is 0.935 bits per heavy atom. The number of sulfonamides is 1. The van der Waals surface area contributed by atoms with Crippen molar-refractivity contribution in [2.45, 2.75) is 27.5 Å². The SMILES string of the molecule is O=C(O)[C@@H]1C[C@@H](S(=O)(=O)c2ccccc2Cl)CN1S(=O)(=O)c1ccc2ccccc2c1. The molecular weight excluding hydrogens is 462 g/mol. The zero-order valence-corrected chi connectivity index (χ0v) is 18.4. The molecule has 1 N–H and O–H groups in total. The molecule has 162 valence electrons. The molecule has 10 heteroatoms. The first-order valence-electron chi connectivity index (χ1n) is 9.34. The first kappa shape index (κ1) is 21.8. The molecule has 0 aliphatic carbocycles. The number of carboxylic acids is 1. The summed E-state index contributed by atoms with van der Waals surface area (Å²) in [5.41, 5.74) is 0. The molecule has 7 nitrogen and oxygen atoms in total. The Hall–Kier alpha value is -2.46. The Bertz CT molecular complexity index is 1390. The number of sulfone groups is 1. The maximum absolute atomic E-state index is 13.3. The van der Waals surface area contributed by atoms with Crippen LogP contribution in [0.25, 0.3) is 10.8 Å². The Balaban J connectivity index is 1.74. The Morgan fingerprint density at radius 2 is 1.58 bits per heavy atom. The molecule has 0 amide bonds. The fraction of sp³-hybridized carbons (Fsp3) is 0.190. The van der Waals surface area contributed by atoms with E-state index in [-0.39, 0.29) is 21.2 Å². The quantitative estimate of drug-likeness (QED) is 0.602. The summed E-state index contributed by atoms with van der Waals surface area (Å²) in [6, 6.07) is 16.0. The van der Waals surface area contributed by atoms with Gasteiger partial charge in [-0.3, -0.25) is 4.79 Å². The highest BCUT2D eigenvalue weighted by Crippen LogP contribution is 2.35. The van der Waals surface area contributed by atoms with Gasteiger partial charge in [0, 0.05) is 6.54 Å².